The van der Waals surface area contributed by atoms with Gasteiger partial charge in [-0.2, -0.15) is 0 Å². The Morgan fingerprint density at radius 1 is 1.45 bits per heavy atom. The SMILES string of the molecule is Cc1nccn1CCS(=O)(=O)c1cccc(C(=N)N)c1. The van der Waals surface area contributed by atoms with Gasteiger partial charge < -0.3 is 10.3 Å². The van der Waals surface area contributed by atoms with Crippen LogP contribution in [0.4, 0.5) is 0 Å². The van der Waals surface area contributed by atoms with Crippen molar-refractivity contribution in [3.05, 3.63) is 48.0 Å². The molecule has 0 aliphatic carbocycles. The molecule has 1 heterocycles. The van der Waals surface area contributed by atoms with E-state index in [2.05, 4.69) is 4.98 Å². The topological polar surface area (TPSA) is 102 Å². The molecule has 0 amide bonds. The van der Waals surface area contributed by atoms with E-state index in [1.54, 1.807) is 29.1 Å². The molecule has 7 heteroatoms. The van der Waals surface area contributed by atoms with Gasteiger partial charge in [-0.3, -0.25) is 5.41 Å². The maximum absolute atomic E-state index is 12.3. The molecular weight excluding hydrogens is 276 g/mol. The van der Waals surface area contributed by atoms with Crippen molar-refractivity contribution in [2.24, 2.45) is 5.73 Å². The number of sulfone groups is 1. The smallest absolute Gasteiger partial charge is 0.180 e. The van der Waals surface area contributed by atoms with Crippen molar-refractivity contribution in [2.75, 3.05) is 5.75 Å². The zero-order valence-electron chi connectivity index (χ0n) is 11.1. The van der Waals surface area contributed by atoms with Gasteiger partial charge in [0, 0.05) is 24.5 Å². The van der Waals surface area contributed by atoms with Gasteiger partial charge in [0.25, 0.3) is 0 Å². The van der Waals surface area contributed by atoms with Crippen LogP contribution in [0.3, 0.4) is 0 Å². The van der Waals surface area contributed by atoms with E-state index >= 15 is 0 Å². The highest BCUT2D eigenvalue weighted by Gasteiger charge is 2.15. The molecule has 2 aromatic rings. The Labute approximate surface area is 117 Å². The zero-order valence-corrected chi connectivity index (χ0v) is 11.9. The molecule has 0 aliphatic rings. The molecule has 1 aromatic carbocycles. The predicted octanol–water partition coefficient (Wildman–Crippen LogP) is 0.949. The minimum absolute atomic E-state index is 0.0223. The van der Waals surface area contributed by atoms with Crippen LogP contribution in [0.2, 0.25) is 0 Å². The molecule has 0 saturated heterocycles. The highest BCUT2D eigenvalue weighted by molar-refractivity contribution is 7.91. The summed E-state index contributed by atoms with van der Waals surface area (Å²) < 4.78 is 26.3. The van der Waals surface area contributed by atoms with Crippen LogP contribution in [0, 0.1) is 12.3 Å². The van der Waals surface area contributed by atoms with Gasteiger partial charge in [0.2, 0.25) is 0 Å². The molecule has 0 saturated carbocycles. The van der Waals surface area contributed by atoms with E-state index in [9.17, 15) is 8.42 Å². The van der Waals surface area contributed by atoms with Crippen molar-refractivity contribution in [1.82, 2.24) is 9.55 Å². The minimum Gasteiger partial charge on any atom is -0.384 e. The fourth-order valence-corrected chi connectivity index (χ4v) is 3.10. The van der Waals surface area contributed by atoms with Crippen molar-refractivity contribution in [3.8, 4) is 0 Å². The Balaban J connectivity index is 2.20. The Morgan fingerprint density at radius 3 is 2.80 bits per heavy atom. The van der Waals surface area contributed by atoms with E-state index in [1.165, 1.54) is 12.1 Å². The quantitative estimate of drug-likeness (QED) is 0.632. The van der Waals surface area contributed by atoms with Crippen molar-refractivity contribution in [2.45, 2.75) is 18.4 Å². The molecule has 0 spiro atoms. The standard InChI is InChI=1S/C13H16N4O2S/c1-10-16-5-6-17(10)7-8-20(18,19)12-4-2-3-11(9-12)13(14)15/h2-6,9H,7-8H2,1H3,(H3,14,15). The average Bonchev–Trinajstić information content (AvgIpc) is 2.82. The third-order valence-corrected chi connectivity index (χ3v) is 4.72. The van der Waals surface area contributed by atoms with Crippen LogP contribution in [0.5, 0.6) is 0 Å². The molecule has 0 atom stereocenters. The number of nitrogens with zero attached hydrogens (tertiary/aromatic N) is 2. The van der Waals surface area contributed by atoms with Crippen LogP contribution >= 0.6 is 0 Å². The summed E-state index contributed by atoms with van der Waals surface area (Å²) in [6.45, 7) is 2.17. The number of rotatable bonds is 5. The first kappa shape index (κ1) is 14.3. The lowest BCUT2D eigenvalue weighted by atomic mass is 10.2. The fraction of sp³-hybridized carbons (Fsp3) is 0.231. The lowest BCUT2D eigenvalue weighted by molar-refractivity contribution is 0.587. The summed E-state index contributed by atoms with van der Waals surface area (Å²) in [4.78, 5) is 4.23. The first-order valence-corrected chi connectivity index (χ1v) is 7.70. The molecule has 0 bridgehead atoms. The van der Waals surface area contributed by atoms with Crippen LogP contribution in [-0.2, 0) is 16.4 Å². The number of benzene rings is 1. The van der Waals surface area contributed by atoms with Gasteiger partial charge in [-0.25, -0.2) is 13.4 Å². The van der Waals surface area contributed by atoms with Crippen molar-refractivity contribution < 1.29 is 8.42 Å². The number of aryl methyl sites for hydroxylation is 2. The molecule has 20 heavy (non-hydrogen) atoms. The van der Waals surface area contributed by atoms with Crippen LogP contribution in [0.25, 0.3) is 0 Å². The van der Waals surface area contributed by atoms with Gasteiger partial charge in [-0.05, 0) is 19.1 Å². The third-order valence-electron chi connectivity index (χ3n) is 3.03. The average molecular weight is 292 g/mol. The van der Waals surface area contributed by atoms with Gasteiger partial charge in [0.1, 0.15) is 11.7 Å². The molecule has 0 radical (unpaired) electrons. The summed E-state index contributed by atoms with van der Waals surface area (Å²) in [6, 6.07) is 6.15. The number of imidazole rings is 1. The van der Waals surface area contributed by atoms with Crippen molar-refractivity contribution >= 4 is 15.7 Å². The van der Waals surface area contributed by atoms with Gasteiger partial charge in [0.15, 0.2) is 9.84 Å². The fourth-order valence-electron chi connectivity index (χ4n) is 1.83. The first-order valence-electron chi connectivity index (χ1n) is 6.05. The second-order valence-electron chi connectivity index (χ2n) is 4.43. The second kappa shape index (κ2) is 5.46. The number of nitrogens with one attached hydrogen (secondary N) is 1. The Hall–Kier alpha value is -2.15. The van der Waals surface area contributed by atoms with Gasteiger partial charge in [-0.15, -0.1) is 0 Å². The predicted molar refractivity (Wildman–Crippen MR) is 76.5 cm³/mol. The van der Waals surface area contributed by atoms with E-state index < -0.39 is 9.84 Å². The maximum atomic E-state index is 12.3. The lowest BCUT2D eigenvalue weighted by Gasteiger charge is -2.08. The van der Waals surface area contributed by atoms with E-state index in [0.717, 1.165) is 5.82 Å². The number of hydrogen-bond donors (Lipinski definition) is 2. The van der Waals surface area contributed by atoms with Crippen LogP contribution in [0.15, 0.2) is 41.6 Å². The van der Waals surface area contributed by atoms with Crippen molar-refractivity contribution in [3.63, 3.8) is 0 Å². The monoisotopic (exact) mass is 292 g/mol. The van der Waals surface area contributed by atoms with Gasteiger partial charge in [0.05, 0.1) is 10.6 Å². The number of hydrogen-bond acceptors (Lipinski definition) is 4. The van der Waals surface area contributed by atoms with Gasteiger partial charge >= 0.3 is 0 Å². The highest BCUT2D eigenvalue weighted by atomic mass is 32.2. The molecule has 2 rings (SSSR count). The third kappa shape index (κ3) is 3.05. The van der Waals surface area contributed by atoms with E-state index in [0.29, 0.717) is 12.1 Å². The summed E-state index contributed by atoms with van der Waals surface area (Å²) in [6.07, 6.45) is 3.38. The summed E-state index contributed by atoms with van der Waals surface area (Å²) in [7, 11) is -3.41. The van der Waals surface area contributed by atoms with E-state index in [4.69, 9.17) is 11.1 Å². The number of nitrogen functional groups attached to an aromatic ring is 1. The number of aromatic nitrogens is 2. The summed E-state index contributed by atoms with van der Waals surface area (Å²) in [5.41, 5.74) is 5.78. The maximum Gasteiger partial charge on any atom is 0.180 e. The molecule has 6 nitrogen and oxygen atoms in total. The summed E-state index contributed by atoms with van der Waals surface area (Å²) in [5, 5.41) is 7.35. The molecule has 1 aromatic heterocycles. The number of nitrogens with two attached hydrogens (primary N) is 1. The van der Waals surface area contributed by atoms with Crippen LogP contribution < -0.4 is 5.73 Å². The van der Waals surface area contributed by atoms with E-state index in [1.807, 2.05) is 6.92 Å². The molecule has 106 valence electrons. The molecule has 0 unspecified atom stereocenters. The minimum atomic E-state index is -3.41. The normalized spacial score (nSPS) is 11.4. The summed E-state index contributed by atoms with van der Waals surface area (Å²) in [5.74, 6) is 0.608. The largest absolute Gasteiger partial charge is 0.384 e. The second-order valence-corrected chi connectivity index (χ2v) is 6.54. The lowest BCUT2D eigenvalue weighted by Crippen LogP contribution is -2.15. The zero-order chi connectivity index (χ0) is 14.8. The van der Waals surface area contributed by atoms with Crippen LogP contribution in [-0.4, -0.2) is 29.6 Å². The first-order chi connectivity index (χ1) is 9.40. The molecule has 3 N–H and O–H groups in total. The Bertz CT molecular complexity index is 734. The summed E-state index contributed by atoms with van der Waals surface area (Å²) >= 11 is 0. The van der Waals surface area contributed by atoms with Gasteiger partial charge in [-0.1, -0.05) is 12.1 Å². The molecular formula is C13H16N4O2S. The van der Waals surface area contributed by atoms with Crippen LogP contribution in [0.1, 0.15) is 11.4 Å². The number of amidine groups is 1. The molecule has 0 aliphatic heterocycles. The Kier molecular flexibility index (Phi) is 3.89. The van der Waals surface area contributed by atoms with E-state index in [-0.39, 0.29) is 16.5 Å². The molecule has 0 fully saturated rings. The Morgan fingerprint density at radius 2 is 2.20 bits per heavy atom. The highest BCUT2D eigenvalue weighted by Crippen LogP contribution is 2.14. The van der Waals surface area contributed by atoms with Crippen molar-refractivity contribution in [1.29, 1.82) is 5.41 Å².